The van der Waals surface area contributed by atoms with Crippen molar-refractivity contribution in [3.8, 4) is 0 Å². The van der Waals surface area contributed by atoms with Crippen LogP contribution in [0.15, 0.2) is 0 Å². The van der Waals surface area contributed by atoms with Crippen LogP contribution >= 0.6 is 24.0 Å². The second-order valence-electron chi connectivity index (χ2n) is 2.38. The lowest BCUT2D eigenvalue weighted by molar-refractivity contribution is 0.310. The lowest BCUT2D eigenvalue weighted by Crippen LogP contribution is -2.31. The summed E-state index contributed by atoms with van der Waals surface area (Å²) < 4.78 is 0. The third-order valence-corrected chi connectivity index (χ3v) is 1.84. The monoisotopic (exact) mass is 171 g/mol. The molecule has 0 aromatic carbocycles. The van der Waals surface area contributed by atoms with Crippen LogP contribution in [0.25, 0.3) is 0 Å². The van der Waals surface area contributed by atoms with E-state index < -0.39 is 0 Å². The van der Waals surface area contributed by atoms with Gasteiger partial charge in [0.2, 0.25) is 0 Å². The van der Waals surface area contributed by atoms with Gasteiger partial charge in [0.15, 0.2) is 0 Å². The maximum absolute atomic E-state index is 5.78. The zero-order valence-corrected chi connectivity index (χ0v) is 7.96. The summed E-state index contributed by atoms with van der Waals surface area (Å²) in [6.45, 7) is 4.11. The van der Waals surface area contributed by atoms with Crippen LogP contribution in [0.5, 0.6) is 0 Å². The smallest absolute Gasteiger partial charge is 0.0460 e. The van der Waals surface area contributed by atoms with E-state index in [-0.39, 0.29) is 17.8 Å². The molecule has 0 aliphatic carbocycles. The predicted molar refractivity (Wildman–Crippen MR) is 45.7 cm³/mol. The number of rotatable bonds is 2. The van der Waals surface area contributed by atoms with Gasteiger partial charge in [0, 0.05) is 11.4 Å². The number of hydrogen-bond donors (Lipinski definition) is 0. The molecule has 0 bridgehead atoms. The van der Waals surface area contributed by atoms with Crippen LogP contribution < -0.4 is 0 Å². The molecule has 3 heteroatoms. The summed E-state index contributed by atoms with van der Waals surface area (Å²) in [5, 5.41) is 0.241. The van der Waals surface area contributed by atoms with Gasteiger partial charge in [-0.05, 0) is 27.9 Å². The molecule has 2 atom stereocenters. The van der Waals surface area contributed by atoms with E-state index in [0.29, 0.717) is 6.04 Å². The number of halogens is 2. The van der Waals surface area contributed by atoms with E-state index in [1.807, 2.05) is 21.0 Å². The van der Waals surface area contributed by atoms with E-state index in [9.17, 15) is 0 Å². The Kier molecular flexibility index (Phi) is 7.25. The minimum Gasteiger partial charge on any atom is -0.305 e. The van der Waals surface area contributed by atoms with Crippen LogP contribution in [0, 0.1) is 0 Å². The molecule has 58 valence electrons. The molecule has 0 N–H and O–H groups in total. The second-order valence-corrected chi connectivity index (χ2v) is 3.07. The van der Waals surface area contributed by atoms with Gasteiger partial charge in [0.05, 0.1) is 0 Å². The van der Waals surface area contributed by atoms with Gasteiger partial charge >= 0.3 is 0 Å². The van der Waals surface area contributed by atoms with Gasteiger partial charge in [-0.3, -0.25) is 0 Å². The Hall–Kier alpha value is 0.540. The summed E-state index contributed by atoms with van der Waals surface area (Å²) in [7, 11) is 4.06. The van der Waals surface area contributed by atoms with E-state index in [1.54, 1.807) is 0 Å². The fourth-order valence-electron chi connectivity index (χ4n) is 0.411. The van der Waals surface area contributed by atoms with Crippen LogP contribution in [0.1, 0.15) is 13.8 Å². The van der Waals surface area contributed by atoms with Gasteiger partial charge in [-0.2, -0.15) is 0 Å². The molecule has 9 heavy (non-hydrogen) atoms. The Labute approximate surface area is 68.8 Å². The molecule has 0 heterocycles. The van der Waals surface area contributed by atoms with Crippen molar-refractivity contribution in [2.24, 2.45) is 0 Å². The van der Waals surface area contributed by atoms with Gasteiger partial charge < -0.3 is 4.90 Å². The van der Waals surface area contributed by atoms with Gasteiger partial charge in [0.1, 0.15) is 0 Å². The summed E-state index contributed by atoms with van der Waals surface area (Å²) >= 11 is 5.78. The third kappa shape index (κ3) is 5.01. The Balaban J connectivity index is 0. The van der Waals surface area contributed by atoms with Crippen molar-refractivity contribution in [3.63, 3.8) is 0 Å². The molecule has 0 radical (unpaired) electrons. The summed E-state index contributed by atoms with van der Waals surface area (Å²) in [6, 6.07) is 0.469. The highest BCUT2D eigenvalue weighted by Crippen LogP contribution is 2.04. The summed E-state index contributed by atoms with van der Waals surface area (Å²) in [6.07, 6.45) is 0. The molecule has 0 rings (SSSR count). The first kappa shape index (κ1) is 12.2. The summed E-state index contributed by atoms with van der Waals surface area (Å²) in [5.74, 6) is 0. The summed E-state index contributed by atoms with van der Waals surface area (Å²) in [4.78, 5) is 2.11. The first-order chi connectivity index (χ1) is 3.55. The lowest BCUT2D eigenvalue weighted by atomic mass is 10.2. The van der Waals surface area contributed by atoms with Crippen molar-refractivity contribution in [2.45, 2.75) is 25.3 Å². The maximum Gasteiger partial charge on any atom is 0.0460 e. The minimum atomic E-state index is 0. The molecule has 0 fully saturated rings. The molecule has 0 aliphatic heterocycles. The molecule has 0 aromatic rings. The van der Waals surface area contributed by atoms with Crippen LogP contribution in [0.2, 0.25) is 0 Å². The van der Waals surface area contributed by atoms with Crippen LogP contribution in [-0.2, 0) is 0 Å². The SMILES string of the molecule is C[C@H](Cl)[C@@H](C)N(C)C.Cl. The van der Waals surface area contributed by atoms with Crippen molar-refractivity contribution in [2.75, 3.05) is 14.1 Å². The van der Waals surface area contributed by atoms with Crippen LogP contribution in [0.3, 0.4) is 0 Å². The highest BCUT2D eigenvalue weighted by molar-refractivity contribution is 6.20. The standard InChI is InChI=1S/C6H14ClN.ClH/c1-5(7)6(2)8(3)4;/h5-6H,1-4H3;1H/t5-,6+;/m0./s1. The van der Waals surface area contributed by atoms with E-state index in [2.05, 4.69) is 11.8 Å². The zero-order valence-electron chi connectivity index (χ0n) is 6.39. The van der Waals surface area contributed by atoms with Crippen molar-refractivity contribution >= 4 is 24.0 Å². The number of nitrogens with zero attached hydrogens (tertiary/aromatic N) is 1. The molecule has 0 saturated carbocycles. The minimum absolute atomic E-state index is 0. The summed E-state index contributed by atoms with van der Waals surface area (Å²) in [5.41, 5.74) is 0. The normalized spacial score (nSPS) is 16.7. The topological polar surface area (TPSA) is 3.24 Å². The lowest BCUT2D eigenvalue weighted by Gasteiger charge is -2.21. The highest BCUT2D eigenvalue weighted by Gasteiger charge is 2.09. The Morgan fingerprint density at radius 3 is 1.56 bits per heavy atom. The Morgan fingerprint density at radius 1 is 1.22 bits per heavy atom. The second kappa shape index (κ2) is 5.33. The van der Waals surface area contributed by atoms with Gasteiger partial charge in [-0.25, -0.2) is 0 Å². The van der Waals surface area contributed by atoms with E-state index in [1.165, 1.54) is 0 Å². The molecule has 1 nitrogen and oxygen atoms in total. The molecule has 0 spiro atoms. The van der Waals surface area contributed by atoms with E-state index in [0.717, 1.165) is 0 Å². The third-order valence-electron chi connectivity index (χ3n) is 1.48. The first-order valence-electron chi connectivity index (χ1n) is 2.86. The van der Waals surface area contributed by atoms with Crippen molar-refractivity contribution in [1.82, 2.24) is 4.90 Å². The molecule has 0 aliphatic rings. The van der Waals surface area contributed by atoms with Crippen LogP contribution in [-0.4, -0.2) is 30.4 Å². The Bertz CT molecular complexity index is 56.1. The average molecular weight is 172 g/mol. The quantitative estimate of drug-likeness (QED) is 0.575. The first-order valence-corrected chi connectivity index (χ1v) is 3.30. The van der Waals surface area contributed by atoms with Crippen LogP contribution in [0.4, 0.5) is 0 Å². The average Bonchev–Trinajstić information content (AvgIpc) is 1.64. The molecule has 0 amide bonds. The molecular weight excluding hydrogens is 157 g/mol. The van der Waals surface area contributed by atoms with Gasteiger partial charge in [-0.1, -0.05) is 0 Å². The molecular formula is C6H15Cl2N. The van der Waals surface area contributed by atoms with Crippen molar-refractivity contribution < 1.29 is 0 Å². The maximum atomic E-state index is 5.78. The van der Waals surface area contributed by atoms with Crippen molar-refractivity contribution in [3.05, 3.63) is 0 Å². The zero-order chi connectivity index (χ0) is 6.73. The number of alkyl halides is 1. The van der Waals surface area contributed by atoms with Gasteiger partial charge in [-0.15, -0.1) is 24.0 Å². The molecule has 0 aromatic heterocycles. The molecule has 0 saturated heterocycles. The fourth-order valence-corrected chi connectivity index (χ4v) is 0.636. The van der Waals surface area contributed by atoms with Gasteiger partial charge in [0.25, 0.3) is 0 Å². The number of hydrogen-bond acceptors (Lipinski definition) is 1. The highest BCUT2D eigenvalue weighted by atomic mass is 35.5. The van der Waals surface area contributed by atoms with E-state index >= 15 is 0 Å². The van der Waals surface area contributed by atoms with E-state index in [4.69, 9.17) is 11.6 Å². The predicted octanol–water partition coefficient (Wildman–Crippen LogP) is 1.99. The largest absolute Gasteiger partial charge is 0.305 e. The van der Waals surface area contributed by atoms with Crippen molar-refractivity contribution in [1.29, 1.82) is 0 Å². The molecule has 0 unspecified atom stereocenters. The Morgan fingerprint density at radius 2 is 1.56 bits per heavy atom. The fraction of sp³-hybridized carbons (Fsp3) is 1.00.